The monoisotopic (exact) mass is 364 g/mol. The number of nitrogens with one attached hydrogen (secondary N) is 1. The predicted molar refractivity (Wildman–Crippen MR) is 92.3 cm³/mol. The van der Waals surface area contributed by atoms with Gasteiger partial charge >= 0.3 is 5.97 Å². The Kier molecular flexibility index (Phi) is 6.19. The van der Waals surface area contributed by atoms with E-state index in [1.54, 1.807) is 24.3 Å². The maximum absolute atomic E-state index is 12.4. The van der Waals surface area contributed by atoms with E-state index in [-0.39, 0.29) is 17.1 Å². The van der Waals surface area contributed by atoms with Crippen LogP contribution in [-0.2, 0) is 9.53 Å². The van der Waals surface area contributed by atoms with Crippen molar-refractivity contribution in [2.75, 3.05) is 19.5 Å². The molecular weight excluding hydrogens is 348 g/mol. The first kappa shape index (κ1) is 18.5. The van der Waals surface area contributed by atoms with Gasteiger partial charge in [0, 0.05) is 6.20 Å². The molecule has 1 N–H and O–H groups in total. The second-order valence-electron chi connectivity index (χ2n) is 4.94. The summed E-state index contributed by atoms with van der Waals surface area (Å²) in [4.78, 5) is 28.5. The highest BCUT2D eigenvalue weighted by atomic mass is 35.5. The van der Waals surface area contributed by atoms with E-state index in [1.165, 1.54) is 33.4 Å². The van der Waals surface area contributed by atoms with Gasteiger partial charge in [0.2, 0.25) is 0 Å². The minimum absolute atomic E-state index is 0.108. The van der Waals surface area contributed by atoms with Crippen molar-refractivity contribution in [1.82, 2.24) is 4.98 Å². The number of pyridine rings is 1. The van der Waals surface area contributed by atoms with E-state index in [0.29, 0.717) is 10.8 Å². The van der Waals surface area contributed by atoms with Crippen molar-refractivity contribution in [1.29, 1.82) is 0 Å². The average molecular weight is 365 g/mol. The van der Waals surface area contributed by atoms with Crippen LogP contribution in [0.25, 0.3) is 0 Å². The minimum atomic E-state index is -1.06. The molecule has 0 aliphatic carbocycles. The van der Waals surface area contributed by atoms with Crippen LogP contribution < -0.4 is 14.8 Å². The van der Waals surface area contributed by atoms with Gasteiger partial charge in [-0.25, -0.2) is 9.78 Å². The molecular formula is C17H17ClN2O5. The molecule has 2 rings (SSSR count). The summed E-state index contributed by atoms with van der Waals surface area (Å²) < 4.78 is 15.5. The van der Waals surface area contributed by atoms with Crippen molar-refractivity contribution in [3.63, 3.8) is 0 Å². The number of ether oxygens (including phenoxy) is 3. The molecule has 1 heterocycles. The number of esters is 1. The molecule has 0 saturated heterocycles. The van der Waals surface area contributed by atoms with Gasteiger partial charge in [-0.2, -0.15) is 0 Å². The number of benzene rings is 1. The van der Waals surface area contributed by atoms with Gasteiger partial charge in [-0.1, -0.05) is 17.7 Å². The number of nitrogens with zero attached hydrogens (tertiary/aromatic N) is 1. The maximum Gasteiger partial charge on any atom is 0.346 e. The molecule has 0 saturated carbocycles. The standard InChI is InChI=1S/C17H17ClN2O5/c1-10(16(21)20-14-8-7-11(18)9-19-14)25-17(22)15-12(23-2)5-4-6-13(15)24-3/h4-10H,1-3H3,(H,19,20,21)/t10-/m1/s1. The van der Waals surface area contributed by atoms with E-state index in [2.05, 4.69) is 10.3 Å². The molecule has 0 fully saturated rings. The molecule has 7 nitrogen and oxygen atoms in total. The van der Waals surface area contributed by atoms with Crippen LogP contribution in [0.5, 0.6) is 11.5 Å². The highest BCUT2D eigenvalue weighted by molar-refractivity contribution is 6.30. The summed E-state index contributed by atoms with van der Waals surface area (Å²) in [6.07, 6.45) is 0.340. The molecule has 0 radical (unpaired) electrons. The summed E-state index contributed by atoms with van der Waals surface area (Å²) in [7, 11) is 2.85. The molecule has 132 valence electrons. The lowest BCUT2D eigenvalue weighted by molar-refractivity contribution is -0.123. The molecule has 0 unspecified atom stereocenters. The van der Waals surface area contributed by atoms with E-state index in [4.69, 9.17) is 25.8 Å². The number of anilines is 1. The molecule has 1 atom stereocenters. The first-order valence-corrected chi connectivity index (χ1v) is 7.68. The van der Waals surface area contributed by atoms with Gasteiger partial charge < -0.3 is 19.5 Å². The molecule has 1 amide bonds. The number of hydrogen-bond acceptors (Lipinski definition) is 6. The van der Waals surface area contributed by atoms with Crippen LogP contribution in [0, 0.1) is 0 Å². The minimum Gasteiger partial charge on any atom is -0.496 e. The summed E-state index contributed by atoms with van der Waals surface area (Å²) >= 11 is 5.74. The zero-order chi connectivity index (χ0) is 18.4. The quantitative estimate of drug-likeness (QED) is 0.793. The Morgan fingerprint density at radius 2 is 1.76 bits per heavy atom. The fourth-order valence-corrected chi connectivity index (χ4v) is 2.11. The number of carbonyl (C=O) groups is 2. The topological polar surface area (TPSA) is 86.8 Å². The number of amides is 1. The van der Waals surface area contributed by atoms with E-state index in [1.807, 2.05) is 0 Å². The van der Waals surface area contributed by atoms with E-state index < -0.39 is 18.0 Å². The van der Waals surface area contributed by atoms with E-state index in [9.17, 15) is 9.59 Å². The summed E-state index contributed by atoms with van der Waals surface area (Å²) in [5, 5.41) is 2.98. The summed E-state index contributed by atoms with van der Waals surface area (Å²) in [5.41, 5.74) is 0.108. The Labute approximate surface area is 149 Å². The summed E-state index contributed by atoms with van der Waals surface area (Å²) in [6, 6.07) is 8.00. The fourth-order valence-electron chi connectivity index (χ4n) is 2.00. The Bertz CT molecular complexity index is 742. The highest BCUT2D eigenvalue weighted by Gasteiger charge is 2.24. The highest BCUT2D eigenvalue weighted by Crippen LogP contribution is 2.29. The fraction of sp³-hybridized carbons (Fsp3) is 0.235. The van der Waals surface area contributed by atoms with Crippen molar-refractivity contribution in [3.05, 3.63) is 47.1 Å². The third-order valence-electron chi connectivity index (χ3n) is 3.26. The summed E-state index contributed by atoms with van der Waals surface area (Å²) in [6.45, 7) is 1.45. The number of rotatable bonds is 6. The summed E-state index contributed by atoms with van der Waals surface area (Å²) in [5.74, 6) is -0.391. The van der Waals surface area contributed by atoms with Crippen LogP contribution in [0.4, 0.5) is 5.82 Å². The molecule has 0 spiro atoms. The first-order chi connectivity index (χ1) is 12.0. The third kappa shape index (κ3) is 4.60. The second-order valence-corrected chi connectivity index (χ2v) is 5.37. The molecule has 0 bridgehead atoms. The lowest BCUT2D eigenvalue weighted by Crippen LogP contribution is -2.30. The Hall–Kier alpha value is -2.80. The van der Waals surface area contributed by atoms with E-state index in [0.717, 1.165) is 0 Å². The largest absolute Gasteiger partial charge is 0.496 e. The third-order valence-corrected chi connectivity index (χ3v) is 3.49. The van der Waals surface area contributed by atoms with Crippen LogP contribution in [0.2, 0.25) is 5.02 Å². The van der Waals surface area contributed by atoms with Gasteiger partial charge in [0.25, 0.3) is 5.91 Å². The number of aromatic nitrogens is 1. The molecule has 0 aliphatic rings. The molecule has 2 aromatic rings. The van der Waals surface area contributed by atoms with Crippen LogP contribution in [0.1, 0.15) is 17.3 Å². The van der Waals surface area contributed by atoms with Crippen molar-refractivity contribution in [3.8, 4) is 11.5 Å². The molecule has 1 aromatic heterocycles. The van der Waals surface area contributed by atoms with Gasteiger partial charge in [0.05, 0.1) is 19.2 Å². The molecule has 1 aromatic carbocycles. The normalized spacial score (nSPS) is 11.4. The van der Waals surface area contributed by atoms with E-state index >= 15 is 0 Å². The lowest BCUT2D eigenvalue weighted by Gasteiger charge is -2.16. The molecule has 25 heavy (non-hydrogen) atoms. The van der Waals surface area contributed by atoms with Crippen LogP contribution in [0.3, 0.4) is 0 Å². The van der Waals surface area contributed by atoms with Crippen molar-refractivity contribution in [2.24, 2.45) is 0 Å². The number of carbonyl (C=O) groups excluding carboxylic acids is 2. The average Bonchev–Trinajstić information content (AvgIpc) is 2.62. The first-order valence-electron chi connectivity index (χ1n) is 7.30. The Morgan fingerprint density at radius 1 is 1.12 bits per heavy atom. The number of methoxy groups -OCH3 is 2. The molecule has 8 heteroatoms. The van der Waals surface area contributed by atoms with Crippen LogP contribution >= 0.6 is 11.6 Å². The zero-order valence-corrected chi connectivity index (χ0v) is 14.7. The van der Waals surface area contributed by atoms with Crippen molar-refractivity contribution < 1.29 is 23.8 Å². The smallest absolute Gasteiger partial charge is 0.346 e. The number of hydrogen-bond donors (Lipinski definition) is 1. The van der Waals surface area contributed by atoms with Gasteiger partial charge in [-0.15, -0.1) is 0 Å². The number of halogens is 1. The van der Waals surface area contributed by atoms with Crippen LogP contribution in [0.15, 0.2) is 36.5 Å². The second kappa shape index (κ2) is 8.34. The predicted octanol–water partition coefficient (Wildman–Crippen LogP) is 2.94. The van der Waals surface area contributed by atoms with Crippen LogP contribution in [-0.4, -0.2) is 37.2 Å². The van der Waals surface area contributed by atoms with Gasteiger partial charge in [-0.3, -0.25) is 4.79 Å². The van der Waals surface area contributed by atoms with Gasteiger partial charge in [0.1, 0.15) is 22.9 Å². The molecule has 0 aliphatic heterocycles. The van der Waals surface area contributed by atoms with Gasteiger partial charge in [-0.05, 0) is 31.2 Å². The van der Waals surface area contributed by atoms with Gasteiger partial charge in [0.15, 0.2) is 6.10 Å². The van der Waals surface area contributed by atoms with Crippen molar-refractivity contribution >= 4 is 29.3 Å². The maximum atomic E-state index is 12.4. The SMILES string of the molecule is COc1cccc(OC)c1C(=O)O[C@H](C)C(=O)Nc1ccc(Cl)cn1. The lowest BCUT2D eigenvalue weighted by atomic mass is 10.1. The zero-order valence-electron chi connectivity index (χ0n) is 13.9. The Balaban J connectivity index is 2.09. The Morgan fingerprint density at radius 3 is 2.28 bits per heavy atom. The van der Waals surface area contributed by atoms with Crippen molar-refractivity contribution in [2.45, 2.75) is 13.0 Å².